The van der Waals surface area contributed by atoms with Gasteiger partial charge in [-0.2, -0.15) is 0 Å². The molecule has 1 aromatic heterocycles. The first-order chi connectivity index (χ1) is 14.3. The van der Waals surface area contributed by atoms with Crippen molar-refractivity contribution < 1.29 is 19.1 Å². The summed E-state index contributed by atoms with van der Waals surface area (Å²) in [5.74, 6) is 0.0266. The Kier molecular flexibility index (Phi) is 9.02. The van der Waals surface area contributed by atoms with Crippen LogP contribution in [0.15, 0.2) is 0 Å². The molecule has 30 heavy (non-hydrogen) atoms. The van der Waals surface area contributed by atoms with Crippen molar-refractivity contribution in [3.8, 4) is 0 Å². The third-order valence-corrected chi connectivity index (χ3v) is 5.29. The molecule has 1 saturated heterocycles. The van der Waals surface area contributed by atoms with Crippen LogP contribution in [0, 0.1) is 6.92 Å². The smallest absolute Gasteiger partial charge is 0.342 e. The average Bonchev–Trinajstić information content (AvgIpc) is 2.71. The predicted molar refractivity (Wildman–Crippen MR) is 114 cm³/mol. The molecular weight excluding hydrogens is 408 g/mol. The fraction of sp³-hybridized carbons (Fsp3) is 0.667. The molecule has 1 aliphatic rings. The van der Waals surface area contributed by atoms with Crippen molar-refractivity contribution in [2.45, 2.75) is 59.4 Å². The number of halogens is 1. The van der Waals surface area contributed by atoms with E-state index in [-0.39, 0.29) is 35.7 Å². The summed E-state index contributed by atoms with van der Waals surface area (Å²) in [5.41, 5.74) is 0.774. The monoisotopic (exact) mass is 438 g/mol. The van der Waals surface area contributed by atoms with Gasteiger partial charge in [-0.25, -0.2) is 14.8 Å². The van der Waals surface area contributed by atoms with Crippen molar-refractivity contribution in [2.24, 2.45) is 0 Å². The molecular formula is C21H31ClN4O4. The largest absolute Gasteiger partial charge is 0.462 e. The Morgan fingerprint density at radius 2 is 1.93 bits per heavy atom. The SMILES string of the molecule is CCCc1nc(C)nc(C(=O)N2CCN(C(=O)CCCCl)C(C)C2)c1C(=O)OCC. The van der Waals surface area contributed by atoms with Crippen LogP contribution >= 0.6 is 11.6 Å². The van der Waals surface area contributed by atoms with E-state index in [1.807, 2.05) is 13.8 Å². The second kappa shape index (κ2) is 11.2. The minimum atomic E-state index is -0.577. The van der Waals surface area contributed by atoms with Gasteiger partial charge in [-0.1, -0.05) is 13.3 Å². The van der Waals surface area contributed by atoms with E-state index in [4.69, 9.17) is 16.3 Å². The van der Waals surface area contributed by atoms with Gasteiger partial charge in [0.1, 0.15) is 17.1 Å². The van der Waals surface area contributed by atoms with Crippen LogP contribution in [-0.4, -0.2) is 75.7 Å². The van der Waals surface area contributed by atoms with Gasteiger partial charge in [0.05, 0.1) is 12.3 Å². The first kappa shape index (κ1) is 24.1. The fourth-order valence-corrected chi connectivity index (χ4v) is 3.78. The standard InChI is InChI=1S/C21H31ClN4O4/c1-5-8-16-18(21(29)30-6-2)19(24-15(4)23-16)20(28)25-11-12-26(14(3)13-25)17(27)9-7-10-22/h14H,5-13H2,1-4H3. The Labute approximate surface area is 182 Å². The van der Waals surface area contributed by atoms with Crippen molar-refractivity contribution in [3.63, 3.8) is 0 Å². The summed E-state index contributed by atoms with van der Waals surface area (Å²) in [4.78, 5) is 50.5. The molecule has 0 radical (unpaired) electrons. The van der Waals surface area contributed by atoms with Crippen molar-refractivity contribution >= 4 is 29.4 Å². The summed E-state index contributed by atoms with van der Waals surface area (Å²) >= 11 is 5.69. The third-order valence-electron chi connectivity index (χ3n) is 5.02. The number of carbonyl (C=O) groups excluding carboxylic acids is 3. The van der Waals surface area contributed by atoms with Gasteiger partial charge in [0.25, 0.3) is 5.91 Å². The van der Waals surface area contributed by atoms with Gasteiger partial charge in [0, 0.05) is 38.0 Å². The molecule has 0 bridgehead atoms. The van der Waals surface area contributed by atoms with E-state index >= 15 is 0 Å². The molecule has 2 amide bonds. The molecule has 8 nitrogen and oxygen atoms in total. The quantitative estimate of drug-likeness (QED) is 0.457. The number of hydrogen-bond donors (Lipinski definition) is 0. The maximum absolute atomic E-state index is 13.3. The van der Waals surface area contributed by atoms with Crippen LogP contribution in [0.3, 0.4) is 0 Å². The normalized spacial score (nSPS) is 16.5. The van der Waals surface area contributed by atoms with Gasteiger partial charge in [-0.3, -0.25) is 9.59 Å². The molecule has 0 N–H and O–H groups in total. The molecule has 1 unspecified atom stereocenters. The topological polar surface area (TPSA) is 92.7 Å². The van der Waals surface area contributed by atoms with Gasteiger partial charge >= 0.3 is 5.97 Å². The van der Waals surface area contributed by atoms with Crippen LogP contribution in [0.25, 0.3) is 0 Å². The minimum Gasteiger partial charge on any atom is -0.462 e. The van der Waals surface area contributed by atoms with Crippen molar-refractivity contribution in [1.82, 2.24) is 19.8 Å². The van der Waals surface area contributed by atoms with Crippen molar-refractivity contribution in [1.29, 1.82) is 0 Å². The van der Waals surface area contributed by atoms with Gasteiger partial charge < -0.3 is 14.5 Å². The molecule has 1 atom stereocenters. The molecule has 2 rings (SSSR count). The summed E-state index contributed by atoms with van der Waals surface area (Å²) in [6.07, 6.45) is 2.36. The molecule has 2 heterocycles. The highest BCUT2D eigenvalue weighted by molar-refractivity contribution is 6.17. The predicted octanol–water partition coefficient (Wildman–Crippen LogP) is 2.61. The number of amides is 2. The van der Waals surface area contributed by atoms with E-state index in [1.165, 1.54) is 0 Å². The van der Waals surface area contributed by atoms with Gasteiger partial charge in [0.15, 0.2) is 0 Å². The van der Waals surface area contributed by atoms with E-state index in [0.717, 1.165) is 6.42 Å². The number of alkyl halides is 1. The second-order valence-electron chi connectivity index (χ2n) is 7.39. The number of aryl methyl sites for hydroxylation is 2. The first-order valence-corrected chi connectivity index (χ1v) is 11.1. The average molecular weight is 439 g/mol. The lowest BCUT2D eigenvalue weighted by Crippen LogP contribution is -2.55. The van der Waals surface area contributed by atoms with Crippen LogP contribution in [0.2, 0.25) is 0 Å². The summed E-state index contributed by atoms with van der Waals surface area (Å²) in [7, 11) is 0. The molecule has 9 heteroatoms. The Balaban J connectivity index is 2.28. The fourth-order valence-electron chi connectivity index (χ4n) is 3.64. The molecule has 0 aliphatic carbocycles. The number of carbonyl (C=O) groups is 3. The van der Waals surface area contributed by atoms with Crippen LogP contribution in [0.1, 0.15) is 72.4 Å². The summed E-state index contributed by atoms with van der Waals surface area (Å²) in [6, 6.07) is -0.130. The molecule has 1 fully saturated rings. The Morgan fingerprint density at radius 3 is 2.53 bits per heavy atom. The number of rotatable bonds is 8. The number of piperazine rings is 1. The minimum absolute atomic E-state index is 0.0468. The molecule has 0 spiro atoms. The van der Waals surface area contributed by atoms with Gasteiger partial charge in [-0.05, 0) is 33.6 Å². The Hall–Kier alpha value is -2.22. The summed E-state index contributed by atoms with van der Waals surface area (Å²) in [5, 5.41) is 0. The first-order valence-electron chi connectivity index (χ1n) is 10.5. The van der Waals surface area contributed by atoms with Crippen LogP contribution in [0.5, 0.6) is 0 Å². The zero-order chi connectivity index (χ0) is 22.3. The lowest BCUT2D eigenvalue weighted by Gasteiger charge is -2.40. The summed E-state index contributed by atoms with van der Waals surface area (Å²) < 4.78 is 5.19. The van der Waals surface area contributed by atoms with Crippen LogP contribution in [-0.2, 0) is 16.0 Å². The lowest BCUT2D eigenvalue weighted by atomic mass is 10.1. The highest BCUT2D eigenvalue weighted by atomic mass is 35.5. The second-order valence-corrected chi connectivity index (χ2v) is 7.77. The van der Waals surface area contributed by atoms with E-state index in [1.54, 1.807) is 23.6 Å². The Morgan fingerprint density at radius 1 is 1.20 bits per heavy atom. The van der Waals surface area contributed by atoms with E-state index in [2.05, 4.69) is 9.97 Å². The number of nitrogens with zero attached hydrogens (tertiary/aromatic N) is 4. The van der Waals surface area contributed by atoms with E-state index < -0.39 is 5.97 Å². The van der Waals surface area contributed by atoms with Crippen LogP contribution < -0.4 is 0 Å². The van der Waals surface area contributed by atoms with Gasteiger partial charge in [-0.15, -0.1) is 11.6 Å². The van der Waals surface area contributed by atoms with E-state index in [9.17, 15) is 14.4 Å². The molecule has 166 valence electrons. The number of aromatic nitrogens is 2. The number of esters is 1. The molecule has 1 aromatic rings. The maximum atomic E-state index is 13.3. The van der Waals surface area contributed by atoms with Crippen LogP contribution in [0.4, 0.5) is 0 Å². The van der Waals surface area contributed by atoms with E-state index in [0.29, 0.717) is 56.3 Å². The zero-order valence-corrected chi connectivity index (χ0v) is 19.0. The number of hydrogen-bond acceptors (Lipinski definition) is 6. The molecule has 0 saturated carbocycles. The highest BCUT2D eigenvalue weighted by Crippen LogP contribution is 2.20. The molecule has 0 aromatic carbocycles. The lowest BCUT2D eigenvalue weighted by molar-refractivity contribution is -0.135. The highest BCUT2D eigenvalue weighted by Gasteiger charge is 2.33. The van der Waals surface area contributed by atoms with Crippen molar-refractivity contribution in [3.05, 3.63) is 22.8 Å². The van der Waals surface area contributed by atoms with Crippen molar-refractivity contribution in [2.75, 3.05) is 32.1 Å². The number of ether oxygens (including phenoxy) is 1. The molecule has 1 aliphatic heterocycles. The zero-order valence-electron chi connectivity index (χ0n) is 18.2. The third kappa shape index (κ3) is 5.68. The van der Waals surface area contributed by atoms with Gasteiger partial charge in [0.2, 0.25) is 5.91 Å². The summed E-state index contributed by atoms with van der Waals surface area (Å²) in [6.45, 7) is 8.72. The Bertz CT molecular complexity index is 787. The maximum Gasteiger partial charge on any atom is 0.342 e.